The number of nitrogens with two attached hydrogens (primary N) is 1. The Morgan fingerprint density at radius 3 is 2.74 bits per heavy atom. The maximum atomic E-state index is 5.90. The summed E-state index contributed by atoms with van der Waals surface area (Å²) in [6.45, 7) is 1.26. The molecule has 2 aromatic rings. The lowest BCUT2D eigenvalue weighted by molar-refractivity contribution is 0.184. The lowest BCUT2D eigenvalue weighted by Gasteiger charge is -2.11. The Morgan fingerprint density at radius 1 is 1.32 bits per heavy atom. The molecule has 0 aliphatic rings. The first-order valence-corrected chi connectivity index (χ1v) is 6.70. The highest BCUT2D eigenvalue weighted by molar-refractivity contribution is 9.10. The highest BCUT2D eigenvalue weighted by atomic mass is 79.9. The molecule has 0 bridgehead atoms. The van der Waals surface area contributed by atoms with E-state index in [1.807, 2.05) is 18.2 Å². The zero-order valence-electron chi connectivity index (χ0n) is 10.7. The van der Waals surface area contributed by atoms with Gasteiger partial charge in [-0.1, -0.05) is 24.3 Å². The molecule has 3 N–H and O–H groups in total. The van der Waals surface area contributed by atoms with Gasteiger partial charge < -0.3 is 15.8 Å². The predicted octanol–water partition coefficient (Wildman–Crippen LogP) is 3.18. The fourth-order valence-corrected chi connectivity index (χ4v) is 2.16. The first-order valence-electron chi connectivity index (χ1n) is 5.91. The molecule has 5 heteroatoms. The number of benzene rings is 1. The van der Waals surface area contributed by atoms with Crippen LogP contribution in [0.3, 0.4) is 0 Å². The Hall–Kier alpha value is -1.59. The van der Waals surface area contributed by atoms with Crippen LogP contribution in [0, 0.1) is 0 Å². The average molecular weight is 322 g/mol. The lowest BCUT2D eigenvalue weighted by atomic mass is 10.1. The van der Waals surface area contributed by atoms with Crippen molar-refractivity contribution in [2.75, 3.05) is 18.2 Å². The Morgan fingerprint density at radius 2 is 2.05 bits per heavy atom. The van der Waals surface area contributed by atoms with Crippen LogP contribution in [0.5, 0.6) is 0 Å². The van der Waals surface area contributed by atoms with Crippen molar-refractivity contribution in [2.45, 2.75) is 13.2 Å². The molecule has 0 fully saturated rings. The summed E-state index contributed by atoms with van der Waals surface area (Å²) < 4.78 is 6.06. The second-order valence-corrected chi connectivity index (χ2v) is 5.06. The third-order valence-electron chi connectivity index (χ3n) is 2.75. The summed E-state index contributed by atoms with van der Waals surface area (Å²) >= 11 is 3.34. The van der Waals surface area contributed by atoms with Gasteiger partial charge in [0, 0.05) is 24.3 Å². The van der Waals surface area contributed by atoms with E-state index in [2.05, 4.69) is 38.4 Å². The molecule has 1 aromatic heterocycles. The Balaban J connectivity index is 2.10. The average Bonchev–Trinajstić information content (AvgIpc) is 2.40. The van der Waals surface area contributed by atoms with E-state index in [4.69, 9.17) is 10.5 Å². The highest BCUT2D eigenvalue weighted by Crippen LogP contribution is 2.21. The summed E-state index contributed by atoms with van der Waals surface area (Å²) in [7, 11) is 1.69. The SMILES string of the molecule is COCc1ccccc1CNc1ncc(Br)cc1N. The molecule has 4 nitrogen and oxygen atoms in total. The van der Waals surface area contributed by atoms with E-state index in [0.29, 0.717) is 24.7 Å². The number of nitrogen functional groups attached to an aromatic ring is 1. The van der Waals surface area contributed by atoms with Gasteiger partial charge in [-0.05, 0) is 33.1 Å². The van der Waals surface area contributed by atoms with Gasteiger partial charge in [0.15, 0.2) is 0 Å². The van der Waals surface area contributed by atoms with Crippen molar-refractivity contribution in [3.8, 4) is 0 Å². The van der Waals surface area contributed by atoms with E-state index in [1.54, 1.807) is 13.3 Å². The van der Waals surface area contributed by atoms with Gasteiger partial charge in [-0.15, -0.1) is 0 Å². The molecule has 0 aliphatic carbocycles. The fraction of sp³-hybridized carbons (Fsp3) is 0.214. The van der Waals surface area contributed by atoms with Gasteiger partial charge >= 0.3 is 0 Å². The summed E-state index contributed by atoms with van der Waals surface area (Å²) in [5, 5.41) is 3.24. The number of anilines is 2. The summed E-state index contributed by atoms with van der Waals surface area (Å²) in [5.74, 6) is 0.690. The second-order valence-electron chi connectivity index (χ2n) is 4.15. The van der Waals surface area contributed by atoms with Gasteiger partial charge in [0.05, 0.1) is 12.3 Å². The van der Waals surface area contributed by atoms with E-state index < -0.39 is 0 Å². The van der Waals surface area contributed by atoms with Crippen molar-refractivity contribution in [1.82, 2.24) is 4.98 Å². The van der Waals surface area contributed by atoms with Crippen LogP contribution in [0.15, 0.2) is 41.0 Å². The topological polar surface area (TPSA) is 60.2 Å². The van der Waals surface area contributed by atoms with Crippen LogP contribution >= 0.6 is 15.9 Å². The van der Waals surface area contributed by atoms with Gasteiger partial charge in [-0.3, -0.25) is 0 Å². The van der Waals surface area contributed by atoms with E-state index in [1.165, 1.54) is 5.56 Å². The van der Waals surface area contributed by atoms with E-state index in [-0.39, 0.29) is 0 Å². The van der Waals surface area contributed by atoms with E-state index in [9.17, 15) is 0 Å². The van der Waals surface area contributed by atoms with Crippen molar-refractivity contribution in [1.29, 1.82) is 0 Å². The molecule has 0 radical (unpaired) electrons. The Kier molecular flexibility index (Phi) is 4.76. The highest BCUT2D eigenvalue weighted by Gasteiger charge is 2.04. The maximum Gasteiger partial charge on any atom is 0.149 e. The molecule has 1 aromatic carbocycles. The van der Waals surface area contributed by atoms with Gasteiger partial charge in [-0.25, -0.2) is 4.98 Å². The minimum absolute atomic E-state index is 0.598. The first kappa shape index (κ1) is 13.8. The largest absolute Gasteiger partial charge is 0.396 e. The van der Waals surface area contributed by atoms with Gasteiger partial charge in [-0.2, -0.15) is 0 Å². The number of rotatable bonds is 5. The van der Waals surface area contributed by atoms with Crippen LogP contribution in [0.4, 0.5) is 11.5 Å². The molecule has 19 heavy (non-hydrogen) atoms. The normalized spacial score (nSPS) is 10.4. The fourth-order valence-electron chi connectivity index (χ4n) is 1.81. The van der Waals surface area contributed by atoms with E-state index in [0.717, 1.165) is 10.0 Å². The van der Waals surface area contributed by atoms with Crippen molar-refractivity contribution >= 4 is 27.4 Å². The summed E-state index contributed by atoms with van der Waals surface area (Å²) in [6.07, 6.45) is 1.72. The zero-order chi connectivity index (χ0) is 13.7. The number of hydrogen-bond acceptors (Lipinski definition) is 4. The molecule has 100 valence electrons. The number of methoxy groups -OCH3 is 1. The van der Waals surface area contributed by atoms with Crippen LogP contribution in [0.25, 0.3) is 0 Å². The molecule has 0 aliphatic heterocycles. The molecule has 1 heterocycles. The number of aromatic nitrogens is 1. The summed E-state index contributed by atoms with van der Waals surface area (Å²) in [5.41, 5.74) is 8.86. The van der Waals surface area contributed by atoms with Crippen LogP contribution in [0.2, 0.25) is 0 Å². The summed E-state index contributed by atoms with van der Waals surface area (Å²) in [6, 6.07) is 9.96. The van der Waals surface area contributed by atoms with Crippen molar-refractivity contribution in [3.63, 3.8) is 0 Å². The number of halogens is 1. The van der Waals surface area contributed by atoms with Crippen molar-refractivity contribution in [2.24, 2.45) is 0 Å². The monoisotopic (exact) mass is 321 g/mol. The van der Waals surface area contributed by atoms with E-state index >= 15 is 0 Å². The maximum absolute atomic E-state index is 5.90. The molecule has 0 saturated carbocycles. The third-order valence-corrected chi connectivity index (χ3v) is 3.18. The molecule has 0 saturated heterocycles. The molecule has 0 spiro atoms. The number of ether oxygens (including phenoxy) is 1. The summed E-state index contributed by atoms with van der Waals surface area (Å²) in [4.78, 5) is 4.25. The predicted molar refractivity (Wildman–Crippen MR) is 80.8 cm³/mol. The minimum Gasteiger partial charge on any atom is -0.396 e. The Bertz CT molecular complexity index is 560. The molecular formula is C14H16BrN3O. The number of hydrogen-bond donors (Lipinski definition) is 2. The van der Waals surface area contributed by atoms with Crippen LogP contribution in [0.1, 0.15) is 11.1 Å². The number of nitrogens with one attached hydrogen (secondary N) is 1. The quantitative estimate of drug-likeness (QED) is 0.887. The molecule has 0 atom stereocenters. The van der Waals surface area contributed by atoms with Crippen molar-refractivity contribution < 1.29 is 4.74 Å². The first-order chi connectivity index (χ1) is 9.20. The van der Waals surface area contributed by atoms with Crippen molar-refractivity contribution in [3.05, 3.63) is 52.1 Å². The zero-order valence-corrected chi connectivity index (χ0v) is 12.3. The lowest BCUT2D eigenvalue weighted by Crippen LogP contribution is -2.06. The third kappa shape index (κ3) is 3.68. The smallest absolute Gasteiger partial charge is 0.149 e. The van der Waals surface area contributed by atoms with Gasteiger partial charge in [0.2, 0.25) is 0 Å². The number of nitrogens with zero attached hydrogens (tertiary/aromatic N) is 1. The minimum atomic E-state index is 0.598. The van der Waals surface area contributed by atoms with Crippen LogP contribution in [-0.4, -0.2) is 12.1 Å². The molecule has 0 amide bonds. The van der Waals surface area contributed by atoms with Crippen LogP contribution in [-0.2, 0) is 17.9 Å². The Labute approximate surface area is 121 Å². The van der Waals surface area contributed by atoms with Gasteiger partial charge in [0.25, 0.3) is 0 Å². The molecule has 2 rings (SSSR count). The van der Waals surface area contributed by atoms with Gasteiger partial charge in [0.1, 0.15) is 5.82 Å². The number of pyridine rings is 1. The standard InChI is InChI=1S/C14H16BrN3O/c1-19-9-11-5-3-2-4-10(11)7-17-14-13(16)6-12(15)8-18-14/h2-6,8H,7,9,16H2,1H3,(H,17,18). The van der Waals surface area contributed by atoms with Crippen LogP contribution < -0.4 is 11.1 Å². The molecule has 0 unspecified atom stereocenters. The second kappa shape index (κ2) is 6.54. The molecular weight excluding hydrogens is 306 g/mol.